The Morgan fingerprint density at radius 2 is 1.64 bits per heavy atom. The fourth-order valence-electron chi connectivity index (χ4n) is 2.44. The summed E-state index contributed by atoms with van der Waals surface area (Å²) in [5.74, 6) is 2.53. The number of rotatable bonds is 5. The third-order valence-electron chi connectivity index (χ3n) is 3.56. The maximum absolute atomic E-state index is 5.36. The first-order valence-electron chi connectivity index (χ1n) is 7.11. The Kier molecular flexibility index (Phi) is 4.10. The summed E-state index contributed by atoms with van der Waals surface area (Å²) >= 11 is 0. The molecule has 0 fully saturated rings. The van der Waals surface area contributed by atoms with E-state index in [-0.39, 0.29) is 0 Å². The molecule has 112 valence electrons. The number of ether oxygens (including phenoxy) is 2. The normalized spacial score (nSPS) is 10.5. The number of hydrogen-bond donors (Lipinski definition) is 1. The summed E-state index contributed by atoms with van der Waals surface area (Å²) in [5.41, 5.74) is 2.00. The van der Waals surface area contributed by atoms with Gasteiger partial charge in [0.15, 0.2) is 0 Å². The van der Waals surface area contributed by atoms with Gasteiger partial charge in [-0.05, 0) is 30.3 Å². The zero-order valence-corrected chi connectivity index (χ0v) is 12.7. The fourth-order valence-corrected chi connectivity index (χ4v) is 2.44. The van der Waals surface area contributed by atoms with Crippen LogP contribution in [0.25, 0.3) is 10.9 Å². The number of fused-ring (bicyclic) bond motifs is 1. The Morgan fingerprint density at radius 1 is 0.864 bits per heavy atom. The summed E-state index contributed by atoms with van der Waals surface area (Å²) < 4.78 is 10.7. The second-order valence-corrected chi connectivity index (χ2v) is 4.89. The van der Waals surface area contributed by atoms with Crippen molar-refractivity contribution < 1.29 is 9.47 Å². The van der Waals surface area contributed by atoms with E-state index in [1.165, 1.54) is 0 Å². The third kappa shape index (κ3) is 2.81. The monoisotopic (exact) mass is 294 g/mol. The summed E-state index contributed by atoms with van der Waals surface area (Å²) in [6.07, 6.45) is 0. The van der Waals surface area contributed by atoms with Gasteiger partial charge in [-0.25, -0.2) is 4.98 Å². The summed E-state index contributed by atoms with van der Waals surface area (Å²) in [6.45, 7) is 0.659. The quantitative estimate of drug-likeness (QED) is 0.776. The fraction of sp³-hybridized carbons (Fsp3) is 0.167. The average molecular weight is 294 g/mol. The molecule has 0 bridgehead atoms. The average Bonchev–Trinajstić information content (AvgIpc) is 2.59. The smallest absolute Gasteiger partial charge is 0.128 e. The zero-order valence-electron chi connectivity index (χ0n) is 12.7. The molecule has 22 heavy (non-hydrogen) atoms. The maximum atomic E-state index is 5.36. The van der Waals surface area contributed by atoms with Gasteiger partial charge in [0, 0.05) is 17.5 Å². The number of para-hydroxylation sites is 1. The molecule has 0 spiro atoms. The van der Waals surface area contributed by atoms with Gasteiger partial charge in [-0.1, -0.05) is 24.3 Å². The maximum Gasteiger partial charge on any atom is 0.128 e. The van der Waals surface area contributed by atoms with Crippen molar-refractivity contribution in [2.75, 3.05) is 19.5 Å². The minimum absolute atomic E-state index is 0.659. The predicted molar refractivity (Wildman–Crippen MR) is 88.6 cm³/mol. The van der Waals surface area contributed by atoms with Crippen LogP contribution >= 0.6 is 0 Å². The van der Waals surface area contributed by atoms with Crippen LogP contribution in [0.3, 0.4) is 0 Å². The number of benzene rings is 2. The van der Waals surface area contributed by atoms with Gasteiger partial charge >= 0.3 is 0 Å². The number of hydrogen-bond acceptors (Lipinski definition) is 4. The molecule has 2 aromatic carbocycles. The Hall–Kier alpha value is -2.75. The molecule has 1 N–H and O–H groups in total. The van der Waals surface area contributed by atoms with Crippen LogP contribution in [0.15, 0.2) is 54.6 Å². The molecule has 0 unspecified atom stereocenters. The number of nitrogens with one attached hydrogen (secondary N) is 1. The lowest BCUT2D eigenvalue weighted by Crippen LogP contribution is -2.03. The zero-order chi connectivity index (χ0) is 15.4. The first-order chi connectivity index (χ1) is 10.8. The molecule has 0 aliphatic rings. The van der Waals surface area contributed by atoms with E-state index in [0.29, 0.717) is 6.54 Å². The molecule has 0 saturated heterocycles. The number of aromatic nitrogens is 1. The number of anilines is 1. The topological polar surface area (TPSA) is 43.4 Å². The highest BCUT2D eigenvalue weighted by Crippen LogP contribution is 2.25. The molecule has 0 radical (unpaired) electrons. The van der Waals surface area contributed by atoms with Gasteiger partial charge in [0.1, 0.15) is 17.3 Å². The molecule has 0 amide bonds. The van der Waals surface area contributed by atoms with Gasteiger partial charge < -0.3 is 14.8 Å². The van der Waals surface area contributed by atoms with Crippen LogP contribution < -0.4 is 14.8 Å². The van der Waals surface area contributed by atoms with Crippen molar-refractivity contribution in [2.45, 2.75) is 6.54 Å². The Labute approximate surface area is 129 Å². The summed E-state index contributed by atoms with van der Waals surface area (Å²) in [4.78, 5) is 4.62. The summed E-state index contributed by atoms with van der Waals surface area (Å²) in [7, 11) is 3.35. The molecule has 4 nitrogen and oxygen atoms in total. The lowest BCUT2D eigenvalue weighted by molar-refractivity contribution is 0.410. The molecule has 0 aliphatic carbocycles. The molecule has 4 heteroatoms. The number of methoxy groups -OCH3 is 2. The van der Waals surface area contributed by atoms with Crippen molar-refractivity contribution in [3.05, 3.63) is 60.2 Å². The van der Waals surface area contributed by atoms with Crippen LogP contribution in [0.4, 0.5) is 5.82 Å². The van der Waals surface area contributed by atoms with Crippen LogP contribution in [0.5, 0.6) is 11.5 Å². The highest BCUT2D eigenvalue weighted by Gasteiger charge is 2.05. The first kappa shape index (κ1) is 14.2. The number of nitrogens with zero attached hydrogens (tertiary/aromatic N) is 1. The van der Waals surface area contributed by atoms with Crippen molar-refractivity contribution in [1.29, 1.82) is 0 Å². The molecular formula is C18H18N2O2. The molecule has 1 aromatic heterocycles. The van der Waals surface area contributed by atoms with E-state index in [0.717, 1.165) is 33.8 Å². The molecule has 0 atom stereocenters. The van der Waals surface area contributed by atoms with Crippen molar-refractivity contribution in [1.82, 2.24) is 4.98 Å². The first-order valence-corrected chi connectivity index (χ1v) is 7.11. The van der Waals surface area contributed by atoms with Gasteiger partial charge in [0.05, 0.1) is 19.7 Å². The minimum atomic E-state index is 0.659. The van der Waals surface area contributed by atoms with E-state index in [1.807, 2.05) is 54.6 Å². The van der Waals surface area contributed by atoms with Crippen LogP contribution in [-0.2, 0) is 6.54 Å². The van der Waals surface area contributed by atoms with Crippen molar-refractivity contribution >= 4 is 16.7 Å². The Morgan fingerprint density at radius 3 is 2.45 bits per heavy atom. The second kappa shape index (κ2) is 6.35. The van der Waals surface area contributed by atoms with Crippen LogP contribution in [0.2, 0.25) is 0 Å². The largest absolute Gasteiger partial charge is 0.496 e. The van der Waals surface area contributed by atoms with Crippen LogP contribution in [0.1, 0.15) is 5.56 Å². The van der Waals surface area contributed by atoms with Gasteiger partial charge in [-0.15, -0.1) is 0 Å². The van der Waals surface area contributed by atoms with Crippen molar-refractivity contribution in [3.8, 4) is 11.5 Å². The van der Waals surface area contributed by atoms with Gasteiger partial charge in [0.2, 0.25) is 0 Å². The lowest BCUT2D eigenvalue weighted by Gasteiger charge is -2.11. The van der Waals surface area contributed by atoms with E-state index in [2.05, 4.69) is 10.3 Å². The van der Waals surface area contributed by atoms with Gasteiger partial charge in [-0.3, -0.25) is 0 Å². The summed E-state index contributed by atoms with van der Waals surface area (Å²) in [6, 6.07) is 17.8. The van der Waals surface area contributed by atoms with E-state index < -0.39 is 0 Å². The molecular weight excluding hydrogens is 276 g/mol. The number of pyridine rings is 1. The molecule has 3 aromatic rings. The van der Waals surface area contributed by atoms with E-state index in [1.54, 1.807) is 14.2 Å². The Bertz CT molecular complexity index is 787. The molecule has 0 aliphatic heterocycles. The van der Waals surface area contributed by atoms with Gasteiger partial charge in [-0.2, -0.15) is 0 Å². The minimum Gasteiger partial charge on any atom is -0.496 e. The molecule has 3 rings (SSSR count). The van der Waals surface area contributed by atoms with E-state index >= 15 is 0 Å². The van der Waals surface area contributed by atoms with Crippen molar-refractivity contribution in [3.63, 3.8) is 0 Å². The van der Waals surface area contributed by atoms with Gasteiger partial charge in [0.25, 0.3) is 0 Å². The van der Waals surface area contributed by atoms with Crippen molar-refractivity contribution in [2.24, 2.45) is 0 Å². The van der Waals surface area contributed by atoms with Crippen LogP contribution in [0, 0.1) is 0 Å². The summed E-state index contributed by atoms with van der Waals surface area (Å²) in [5, 5.41) is 4.34. The second-order valence-electron chi connectivity index (χ2n) is 4.89. The molecule has 1 heterocycles. The van der Waals surface area contributed by atoms with E-state index in [9.17, 15) is 0 Å². The highest BCUT2D eigenvalue weighted by molar-refractivity contribution is 5.86. The highest BCUT2D eigenvalue weighted by atomic mass is 16.5. The van der Waals surface area contributed by atoms with Crippen LogP contribution in [-0.4, -0.2) is 19.2 Å². The predicted octanol–water partition coefficient (Wildman–Crippen LogP) is 3.86. The molecule has 0 saturated carbocycles. The lowest BCUT2D eigenvalue weighted by atomic mass is 10.2. The standard InChI is InChI=1S/C18H18N2O2/c1-21-16-8-4-3-6-13(16)12-19-18-11-10-14-15(20-18)7-5-9-17(14)22-2/h3-11H,12H2,1-2H3,(H,19,20). The Balaban J connectivity index is 1.82. The van der Waals surface area contributed by atoms with E-state index in [4.69, 9.17) is 9.47 Å². The third-order valence-corrected chi connectivity index (χ3v) is 3.56. The SMILES string of the molecule is COc1ccccc1CNc1ccc2c(OC)cccc2n1.